The van der Waals surface area contributed by atoms with E-state index in [1.165, 1.54) is 57.4 Å². The molecule has 1 saturated heterocycles. The fourth-order valence-electron chi connectivity index (χ4n) is 2.08. The normalized spacial score (nSPS) is 17.4. The Morgan fingerprint density at radius 1 is 1.11 bits per heavy atom. The van der Waals surface area contributed by atoms with Gasteiger partial charge in [-0.2, -0.15) is 0 Å². The largest absolute Gasteiger partial charge is 0.373 e. The summed E-state index contributed by atoms with van der Waals surface area (Å²) in [6.45, 7) is 5.21. The molecule has 18 heavy (non-hydrogen) atoms. The van der Waals surface area contributed by atoms with Gasteiger partial charge < -0.3 is 10.1 Å². The molecule has 1 aliphatic rings. The second-order valence-corrected chi connectivity index (χ2v) is 5.07. The molecular weight excluding hydrogens is 226 g/mol. The average Bonchev–Trinajstić information content (AvgIpc) is 3.19. The van der Waals surface area contributed by atoms with Gasteiger partial charge in [-0.05, 0) is 18.9 Å². The third-order valence-electron chi connectivity index (χ3n) is 3.34. The number of hydrogen-bond acceptors (Lipinski definition) is 2. The highest BCUT2D eigenvalue weighted by molar-refractivity contribution is 5.86. The van der Waals surface area contributed by atoms with E-state index in [0.717, 1.165) is 19.6 Å². The fourth-order valence-corrected chi connectivity index (χ4v) is 2.08. The number of unbranched alkanes of at least 4 members (excludes halogenated alkanes) is 7. The van der Waals surface area contributed by atoms with Crippen LogP contribution in [0.5, 0.6) is 0 Å². The van der Waals surface area contributed by atoms with E-state index in [2.05, 4.69) is 11.9 Å². The minimum atomic E-state index is -0.0605. The topological polar surface area (TPSA) is 41.6 Å². The van der Waals surface area contributed by atoms with E-state index in [-0.39, 0.29) is 5.91 Å². The van der Waals surface area contributed by atoms with Crippen LogP contribution in [0.2, 0.25) is 0 Å². The van der Waals surface area contributed by atoms with Gasteiger partial charge in [-0.3, -0.25) is 4.79 Å². The lowest BCUT2D eigenvalue weighted by Gasteiger charge is -2.03. The summed E-state index contributed by atoms with van der Waals surface area (Å²) >= 11 is 0. The van der Waals surface area contributed by atoms with Gasteiger partial charge in [-0.25, -0.2) is 0 Å². The van der Waals surface area contributed by atoms with Gasteiger partial charge in [0.15, 0.2) is 0 Å². The second-order valence-electron chi connectivity index (χ2n) is 5.07. The highest BCUT2D eigenvalue weighted by Crippen LogP contribution is 2.18. The van der Waals surface area contributed by atoms with Gasteiger partial charge in [0.05, 0.1) is 12.7 Å². The molecule has 0 bridgehead atoms. The van der Waals surface area contributed by atoms with Gasteiger partial charge in [0.25, 0.3) is 0 Å². The summed E-state index contributed by atoms with van der Waals surface area (Å²) < 4.78 is 5.18. The van der Waals surface area contributed by atoms with Crippen molar-refractivity contribution < 1.29 is 9.53 Å². The molecule has 1 fully saturated rings. The van der Waals surface area contributed by atoms with Gasteiger partial charge in [0, 0.05) is 6.54 Å². The molecule has 3 heteroatoms. The summed E-state index contributed by atoms with van der Waals surface area (Å²) in [7, 11) is 0. The minimum Gasteiger partial charge on any atom is -0.373 e. The van der Waals surface area contributed by atoms with E-state index in [1.54, 1.807) is 0 Å². The molecular formula is C15H27NO2. The fraction of sp³-hybridized carbons (Fsp3) is 0.800. The third kappa shape index (κ3) is 9.23. The maximum Gasteiger partial charge on any atom is 0.243 e. The van der Waals surface area contributed by atoms with Crippen molar-refractivity contribution in [2.24, 2.45) is 0 Å². The minimum absolute atomic E-state index is 0.0605. The molecule has 0 aromatic heterocycles. The number of hydrogen-bond donors (Lipinski definition) is 1. The molecule has 0 spiro atoms. The lowest BCUT2D eigenvalue weighted by atomic mass is 10.1. The summed E-state index contributed by atoms with van der Waals surface area (Å²) in [5.41, 5.74) is 0. The first-order valence-electron chi connectivity index (χ1n) is 7.35. The molecule has 0 aromatic rings. The number of carbonyl (C=O) groups is 1. The van der Waals surface area contributed by atoms with E-state index < -0.39 is 0 Å². The van der Waals surface area contributed by atoms with Crippen molar-refractivity contribution in [3.05, 3.63) is 12.7 Å². The summed E-state index contributed by atoms with van der Waals surface area (Å²) in [5, 5.41) is 2.80. The zero-order valence-corrected chi connectivity index (χ0v) is 11.5. The summed E-state index contributed by atoms with van der Waals surface area (Å²) in [6.07, 6.45) is 13.5. The molecule has 3 nitrogen and oxygen atoms in total. The van der Waals surface area contributed by atoms with Crippen LogP contribution >= 0.6 is 0 Å². The van der Waals surface area contributed by atoms with Crippen molar-refractivity contribution in [2.75, 3.05) is 13.2 Å². The Bertz CT molecular complexity index is 237. The van der Waals surface area contributed by atoms with E-state index in [0.29, 0.717) is 6.10 Å². The first-order chi connectivity index (χ1) is 8.83. The number of nitrogens with one attached hydrogen (secondary N) is 1. The van der Waals surface area contributed by atoms with Crippen molar-refractivity contribution in [1.82, 2.24) is 5.32 Å². The Morgan fingerprint density at radius 3 is 2.22 bits per heavy atom. The SMILES string of the molecule is C=CC(=O)NCCCCCCCCCCC1CO1. The van der Waals surface area contributed by atoms with E-state index in [4.69, 9.17) is 4.74 Å². The predicted octanol–water partition coefficient (Wildman–Crippen LogP) is 3.20. The number of epoxide rings is 1. The average molecular weight is 253 g/mol. The van der Waals surface area contributed by atoms with Crippen LogP contribution in [0.25, 0.3) is 0 Å². The molecule has 1 unspecified atom stereocenters. The number of amides is 1. The van der Waals surface area contributed by atoms with Crippen LogP contribution in [-0.2, 0) is 9.53 Å². The molecule has 1 rings (SSSR count). The number of carbonyl (C=O) groups excluding carboxylic acids is 1. The van der Waals surface area contributed by atoms with E-state index >= 15 is 0 Å². The van der Waals surface area contributed by atoms with Gasteiger partial charge in [0.2, 0.25) is 5.91 Å². The molecule has 1 heterocycles. The predicted molar refractivity (Wildman–Crippen MR) is 74.5 cm³/mol. The van der Waals surface area contributed by atoms with Gasteiger partial charge in [0.1, 0.15) is 0 Å². The van der Waals surface area contributed by atoms with Crippen molar-refractivity contribution >= 4 is 5.91 Å². The van der Waals surface area contributed by atoms with Crippen LogP contribution in [0.3, 0.4) is 0 Å². The smallest absolute Gasteiger partial charge is 0.243 e. The maximum atomic E-state index is 10.9. The van der Waals surface area contributed by atoms with E-state index in [9.17, 15) is 4.79 Å². The van der Waals surface area contributed by atoms with Crippen LogP contribution in [0.1, 0.15) is 57.8 Å². The lowest BCUT2D eigenvalue weighted by molar-refractivity contribution is -0.116. The molecule has 0 radical (unpaired) electrons. The standard InChI is InChI=1S/C15H27NO2/c1-2-15(17)16-12-10-8-6-4-3-5-7-9-11-14-13-18-14/h2,14H,1,3-13H2,(H,16,17). The Kier molecular flexibility index (Phi) is 8.57. The molecule has 1 N–H and O–H groups in total. The summed E-state index contributed by atoms with van der Waals surface area (Å²) in [4.78, 5) is 10.9. The maximum absolute atomic E-state index is 10.9. The molecule has 0 aliphatic carbocycles. The number of rotatable bonds is 12. The summed E-state index contributed by atoms with van der Waals surface area (Å²) in [5.74, 6) is -0.0605. The highest BCUT2D eigenvalue weighted by Gasteiger charge is 2.20. The lowest BCUT2D eigenvalue weighted by Crippen LogP contribution is -2.21. The van der Waals surface area contributed by atoms with Crippen molar-refractivity contribution in [3.63, 3.8) is 0 Å². The van der Waals surface area contributed by atoms with Crippen LogP contribution in [-0.4, -0.2) is 25.2 Å². The van der Waals surface area contributed by atoms with Crippen LogP contribution in [0.4, 0.5) is 0 Å². The van der Waals surface area contributed by atoms with Gasteiger partial charge >= 0.3 is 0 Å². The molecule has 1 aliphatic heterocycles. The molecule has 0 aromatic carbocycles. The van der Waals surface area contributed by atoms with Gasteiger partial charge in [-0.15, -0.1) is 0 Å². The first kappa shape index (κ1) is 15.2. The van der Waals surface area contributed by atoms with Crippen LogP contribution < -0.4 is 5.32 Å². The molecule has 104 valence electrons. The monoisotopic (exact) mass is 253 g/mol. The second kappa shape index (κ2) is 10.1. The zero-order chi connectivity index (χ0) is 13.1. The van der Waals surface area contributed by atoms with Crippen LogP contribution in [0.15, 0.2) is 12.7 Å². The van der Waals surface area contributed by atoms with Crippen molar-refractivity contribution in [2.45, 2.75) is 63.9 Å². The Hall–Kier alpha value is -0.830. The van der Waals surface area contributed by atoms with Crippen molar-refractivity contribution in [3.8, 4) is 0 Å². The van der Waals surface area contributed by atoms with Gasteiger partial charge in [-0.1, -0.05) is 51.5 Å². The molecule has 0 saturated carbocycles. The highest BCUT2D eigenvalue weighted by atomic mass is 16.6. The van der Waals surface area contributed by atoms with Crippen LogP contribution in [0, 0.1) is 0 Å². The van der Waals surface area contributed by atoms with Crippen molar-refractivity contribution in [1.29, 1.82) is 0 Å². The third-order valence-corrected chi connectivity index (χ3v) is 3.34. The zero-order valence-electron chi connectivity index (χ0n) is 11.5. The number of ether oxygens (including phenoxy) is 1. The molecule has 1 atom stereocenters. The van der Waals surface area contributed by atoms with E-state index in [1.807, 2.05) is 0 Å². The Morgan fingerprint density at radius 2 is 1.67 bits per heavy atom. The molecule has 1 amide bonds. The Labute approximate surface area is 111 Å². The summed E-state index contributed by atoms with van der Waals surface area (Å²) in [6, 6.07) is 0. The quantitative estimate of drug-likeness (QED) is 0.330. The first-order valence-corrected chi connectivity index (χ1v) is 7.35. The Balaban J connectivity index is 1.67.